The molecule has 0 aliphatic heterocycles. The highest BCUT2D eigenvalue weighted by Gasteiger charge is 2.13. The highest BCUT2D eigenvalue weighted by Crippen LogP contribution is 2.28. The van der Waals surface area contributed by atoms with Crippen molar-refractivity contribution in [1.82, 2.24) is 15.5 Å². The molecule has 1 fully saturated rings. The third-order valence-corrected chi connectivity index (χ3v) is 4.02. The van der Waals surface area contributed by atoms with Gasteiger partial charge in [-0.25, -0.2) is 4.99 Å². The predicted octanol–water partition coefficient (Wildman–Crippen LogP) is 1.99. The van der Waals surface area contributed by atoms with Crippen LogP contribution in [0.3, 0.4) is 0 Å². The van der Waals surface area contributed by atoms with E-state index < -0.39 is 0 Å². The molecule has 5 nitrogen and oxygen atoms in total. The van der Waals surface area contributed by atoms with Crippen molar-refractivity contribution in [2.24, 2.45) is 10.9 Å². The van der Waals surface area contributed by atoms with Crippen molar-refractivity contribution in [3.63, 3.8) is 0 Å². The number of aliphatic imine (C=N–C) groups is 1. The van der Waals surface area contributed by atoms with Crippen LogP contribution in [0.4, 0.5) is 0 Å². The maximum Gasteiger partial charge on any atom is 0.243 e. The SMILES string of the molecule is CCNC(=NCC(=O)N(C)C)NCCCCC1CCCC1. The lowest BCUT2D eigenvalue weighted by atomic mass is 10.0. The number of nitrogens with one attached hydrogen (secondary N) is 2. The number of hydrogen-bond acceptors (Lipinski definition) is 2. The van der Waals surface area contributed by atoms with Gasteiger partial charge in [-0.1, -0.05) is 38.5 Å². The van der Waals surface area contributed by atoms with Crippen molar-refractivity contribution in [1.29, 1.82) is 0 Å². The van der Waals surface area contributed by atoms with Crippen molar-refractivity contribution in [3.8, 4) is 0 Å². The zero-order valence-electron chi connectivity index (χ0n) is 14.0. The lowest BCUT2D eigenvalue weighted by Crippen LogP contribution is -2.38. The Hall–Kier alpha value is -1.26. The van der Waals surface area contributed by atoms with E-state index in [1.165, 1.54) is 44.9 Å². The summed E-state index contributed by atoms with van der Waals surface area (Å²) in [6, 6.07) is 0. The Morgan fingerprint density at radius 3 is 2.52 bits per heavy atom. The number of nitrogens with zero attached hydrogens (tertiary/aromatic N) is 2. The second kappa shape index (κ2) is 10.5. The highest BCUT2D eigenvalue weighted by molar-refractivity contribution is 5.84. The van der Waals surface area contributed by atoms with Crippen molar-refractivity contribution in [3.05, 3.63) is 0 Å². The number of guanidine groups is 1. The monoisotopic (exact) mass is 296 g/mol. The van der Waals surface area contributed by atoms with E-state index in [2.05, 4.69) is 15.6 Å². The van der Waals surface area contributed by atoms with E-state index in [-0.39, 0.29) is 12.5 Å². The van der Waals surface area contributed by atoms with Gasteiger partial charge < -0.3 is 15.5 Å². The first-order valence-electron chi connectivity index (χ1n) is 8.35. The Morgan fingerprint density at radius 2 is 1.90 bits per heavy atom. The topological polar surface area (TPSA) is 56.7 Å². The van der Waals surface area contributed by atoms with Crippen LogP contribution in [-0.2, 0) is 4.79 Å². The molecule has 1 aliphatic rings. The van der Waals surface area contributed by atoms with E-state index in [1.807, 2.05) is 6.92 Å². The van der Waals surface area contributed by atoms with Crippen LogP contribution in [0.25, 0.3) is 0 Å². The van der Waals surface area contributed by atoms with Gasteiger partial charge in [-0.3, -0.25) is 4.79 Å². The van der Waals surface area contributed by atoms with Crippen molar-refractivity contribution >= 4 is 11.9 Å². The summed E-state index contributed by atoms with van der Waals surface area (Å²) < 4.78 is 0. The number of carbonyl (C=O) groups excluding carboxylic acids is 1. The molecule has 0 heterocycles. The summed E-state index contributed by atoms with van der Waals surface area (Å²) in [6.07, 6.45) is 9.55. The predicted molar refractivity (Wildman–Crippen MR) is 88.5 cm³/mol. The highest BCUT2D eigenvalue weighted by atomic mass is 16.2. The van der Waals surface area contributed by atoms with Gasteiger partial charge in [0.25, 0.3) is 0 Å². The molecule has 0 unspecified atom stereocenters. The minimum absolute atomic E-state index is 0.0217. The molecule has 0 saturated heterocycles. The van der Waals surface area contributed by atoms with Gasteiger partial charge in [0, 0.05) is 27.2 Å². The summed E-state index contributed by atoms with van der Waals surface area (Å²) in [4.78, 5) is 17.4. The molecule has 2 N–H and O–H groups in total. The molecule has 0 aromatic carbocycles. The summed E-state index contributed by atoms with van der Waals surface area (Å²) in [5, 5.41) is 6.49. The molecule has 21 heavy (non-hydrogen) atoms. The molecule has 0 aromatic heterocycles. The largest absolute Gasteiger partial charge is 0.357 e. The van der Waals surface area contributed by atoms with Crippen LogP contribution in [0, 0.1) is 5.92 Å². The molecule has 0 spiro atoms. The average Bonchev–Trinajstić information content (AvgIpc) is 2.96. The first kappa shape index (κ1) is 17.8. The van der Waals surface area contributed by atoms with E-state index >= 15 is 0 Å². The molecule has 1 rings (SSSR count). The van der Waals surface area contributed by atoms with E-state index in [4.69, 9.17) is 0 Å². The standard InChI is InChI=1S/C16H32N4O/c1-4-17-16(19-13-15(21)20(2)3)18-12-8-7-11-14-9-5-6-10-14/h14H,4-13H2,1-3H3,(H2,17,18,19). The Labute approximate surface area is 129 Å². The lowest BCUT2D eigenvalue weighted by molar-refractivity contribution is -0.127. The molecular weight excluding hydrogens is 264 g/mol. The number of amides is 1. The number of likely N-dealkylation sites (N-methyl/N-ethyl adjacent to an activating group) is 1. The summed E-state index contributed by atoms with van der Waals surface area (Å²) >= 11 is 0. The molecule has 1 saturated carbocycles. The molecule has 0 aromatic rings. The number of unbranched alkanes of at least 4 members (excludes halogenated alkanes) is 1. The first-order chi connectivity index (χ1) is 10.1. The van der Waals surface area contributed by atoms with E-state index in [0.29, 0.717) is 0 Å². The van der Waals surface area contributed by atoms with Gasteiger partial charge >= 0.3 is 0 Å². The van der Waals surface area contributed by atoms with Crippen molar-refractivity contribution in [2.45, 2.75) is 51.9 Å². The van der Waals surface area contributed by atoms with E-state index in [9.17, 15) is 4.79 Å². The van der Waals surface area contributed by atoms with Gasteiger partial charge in [-0.15, -0.1) is 0 Å². The van der Waals surface area contributed by atoms with Gasteiger partial charge in [0.15, 0.2) is 5.96 Å². The molecule has 0 atom stereocenters. The minimum atomic E-state index is 0.0217. The van der Waals surface area contributed by atoms with Gasteiger partial charge in [0.05, 0.1) is 0 Å². The van der Waals surface area contributed by atoms with Crippen LogP contribution >= 0.6 is 0 Å². The van der Waals surface area contributed by atoms with Crippen LogP contribution < -0.4 is 10.6 Å². The lowest BCUT2D eigenvalue weighted by Gasteiger charge is -2.13. The van der Waals surface area contributed by atoms with Gasteiger partial charge in [0.2, 0.25) is 5.91 Å². The summed E-state index contributed by atoms with van der Waals surface area (Å²) in [5.74, 6) is 1.74. The first-order valence-corrected chi connectivity index (χ1v) is 8.35. The molecule has 0 radical (unpaired) electrons. The summed E-state index contributed by atoms with van der Waals surface area (Å²) in [6.45, 7) is 3.97. The average molecular weight is 296 g/mol. The number of carbonyl (C=O) groups is 1. The minimum Gasteiger partial charge on any atom is -0.357 e. The zero-order chi connectivity index (χ0) is 15.5. The summed E-state index contributed by atoms with van der Waals surface area (Å²) in [7, 11) is 3.50. The fraction of sp³-hybridized carbons (Fsp3) is 0.875. The normalized spacial score (nSPS) is 16.0. The zero-order valence-corrected chi connectivity index (χ0v) is 14.0. The third-order valence-electron chi connectivity index (χ3n) is 4.02. The maximum atomic E-state index is 11.5. The fourth-order valence-corrected chi connectivity index (χ4v) is 2.69. The van der Waals surface area contributed by atoms with E-state index in [0.717, 1.165) is 25.0 Å². The van der Waals surface area contributed by atoms with Crippen molar-refractivity contribution < 1.29 is 4.79 Å². The second-order valence-corrected chi connectivity index (χ2v) is 6.06. The maximum absolute atomic E-state index is 11.5. The molecule has 0 bridgehead atoms. The second-order valence-electron chi connectivity index (χ2n) is 6.06. The Balaban J connectivity index is 2.17. The van der Waals surface area contributed by atoms with Gasteiger partial charge in [-0.05, 0) is 19.3 Å². The van der Waals surface area contributed by atoms with Crippen LogP contribution in [0.5, 0.6) is 0 Å². The molecule has 1 amide bonds. The Kier molecular flexibility index (Phi) is 8.87. The van der Waals surface area contributed by atoms with Crippen LogP contribution in [-0.4, -0.2) is 50.5 Å². The van der Waals surface area contributed by atoms with Crippen molar-refractivity contribution in [2.75, 3.05) is 33.7 Å². The molecular formula is C16H32N4O. The van der Waals surface area contributed by atoms with Gasteiger partial charge in [-0.2, -0.15) is 0 Å². The summed E-state index contributed by atoms with van der Waals surface area (Å²) in [5.41, 5.74) is 0. The quantitative estimate of drug-likeness (QED) is 0.409. The van der Waals surface area contributed by atoms with E-state index in [1.54, 1.807) is 19.0 Å². The van der Waals surface area contributed by atoms with Crippen LogP contribution in [0.1, 0.15) is 51.9 Å². The van der Waals surface area contributed by atoms with Crippen LogP contribution in [0.2, 0.25) is 0 Å². The van der Waals surface area contributed by atoms with Gasteiger partial charge in [0.1, 0.15) is 6.54 Å². The Morgan fingerprint density at radius 1 is 1.19 bits per heavy atom. The molecule has 122 valence electrons. The number of rotatable bonds is 8. The smallest absolute Gasteiger partial charge is 0.243 e. The third kappa shape index (κ3) is 7.93. The van der Waals surface area contributed by atoms with Crippen LogP contribution in [0.15, 0.2) is 4.99 Å². The molecule has 5 heteroatoms. The fourth-order valence-electron chi connectivity index (χ4n) is 2.69. The molecule has 1 aliphatic carbocycles. The number of hydrogen-bond donors (Lipinski definition) is 2. The Bertz CT molecular complexity index is 322.